The minimum atomic E-state index is -0.495. The summed E-state index contributed by atoms with van der Waals surface area (Å²) >= 11 is 1.76. The molecule has 0 saturated carbocycles. The Hall–Kier alpha value is -0.910. The van der Waals surface area contributed by atoms with E-state index >= 15 is 0 Å². The first-order chi connectivity index (χ1) is 10.2. The molecule has 22 heavy (non-hydrogen) atoms. The van der Waals surface area contributed by atoms with Crippen LogP contribution in [0.15, 0.2) is 0 Å². The van der Waals surface area contributed by atoms with Gasteiger partial charge in [-0.15, -0.1) is 0 Å². The topological polar surface area (TPSA) is 49.9 Å². The molecule has 0 bridgehead atoms. The van der Waals surface area contributed by atoms with Crippen molar-refractivity contribution in [1.82, 2.24) is 9.80 Å². The average molecular weight is 330 g/mol. The van der Waals surface area contributed by atoms with E-state index in [2.05, 4.69) is 6.26 Å². The molecular weight excluding hydrogens is 300 g/mol. The van der Waals surface area contributed by atoms with Gasteiger partial charge in [-0.1, -0.05) is 0 Å². The Labute approximate surface area is 138 Å². The van der Waals surface area contributed by atoms with E-state index in [0.29, 0.717) is 19.5 Å². The van der Waals surface area contributed by atoms with Crippen molar-refractivity contribution in [2.24, 2.45) is 0 Å². The number of ether oxygens (including phenoxy) is 1. The predicted molar refractivity (Wildman–Crippen MR) is 91.2 cm³/mol. The molecule has 1 saturated heterocycles. The van der Waals surface area contributed by atoms with Gasteiger partial charge in [0.15, 0.2) is 0 Å². The molecule has 1 aliphatic rings. The van der Waals surface area contributed by atoms with Crippen molar-refractivity contribution >= 4 is 23.8 Å². The number of hydrogen-bond acceptors (Lipinski definition) is 4. The normalized spacial score (nSPS) is 22.6. The van der Waals surface area contributed by atoms with Crippen LogP contribution in [-0.4, -0.2) is 64.6 Å². The van der Waals surface area contributed by atoms with E-state index in [1.807, 2.05) is 39.5 Å². The number of hydrogen-bond donors (Lipinski definition) is 0. The fourth-order valence-electron chi connectivity index (χ4n) is 2.58. The highest BCUT2D eigenvalue weighted by Gasteiger charge is 2.37. The lowest BCUT2D eigenvalue weighted by atomic mass is 10.0. The van der Waals surface area contributed by atoms with E-state index in [1.54, 1.807) is 16.7 Å². The minimum Gasteiger partial charge on any atom is -0.444 e. The molecule has 0 aliphatic carbocycles. The van der Waals surface area contributed by atoms with E-state index in [0.717, 1.165) is 12.2 Å². The van der Waals surface area contributed by atoms with E-state index in [1.165, 1.54) is 0 Å². The SMILES string of the molecule is CSCCCC(=O)N1CCN(C(=O)OC(C)(C)C)[C@@H](C)[C@H]1C. The summed E-state index contributed by atoms with van der Waals surface area (Å²) in [5, 5.41) is 0. The summed E-state index contributed by atoms with van der Waals surface area (Å²) in [7, 11) is 0. The molecule has 0 aromatic rings. The first-order valence-corrected chi connectivity index (χ1v) is 9.34. The van der Waals surface area contributed by atoms with Gasteiger partial charge in [-0.05, 0) is 53.0 Å². The lowest BCUT2D eigenvalue weighted by Crippen LogP contribution is -2.60. The van der Waals surface area contributed by atoms with E-state index in [4.69, 9.17) is 4.74 Å². The van der Waals surface area contributed by atoms with Crippen molar-refractivity contribution in [3.05, 3.63) is 0 Å². The summed E-state index contributed by atoms with van der Waals surface area (Å²) in [6.45, 7) is 10.7. The summed E-state index contributed by atoms with van der Waals surface area (Å²) in [6.07, 6.45) is 3.26. The average Bonchev–Trinajstić information content (AvgIpc) is 2.39. The molecule has 1 fully saturated rings. The molecule has 0 spiro atoms. The summed E-state index contributed by atoms with van der Waals surface area (Å²) in [5.41, 5.74) is -0.495. The van der Waals surface area contributed by atoms with Crippen molar-refractivity contribution < 1.29 is 14.3 Å². The summed E-state index contributed by atoms with van der Waals surface area (Å²) in [5.74, 6) is 1.20. The second kappa shape index (κ2) is 8.09. The van der Waals surface area contributed by atoms with Crippen molar-refractivity contribution in [2.75, 3.05) is 25.1 Å². The first kappa shape index (κ1) is 19.1. The molecule has 0 radical (unpaired) electrons. The maximum Gasteiger partial charge on any atom is 0.410 e. The number of carbonyl (C=O) groups is 2. The summed E-state index contributed by atoms with van der Waals surface area (Å²) in [4.78, 5) is 28.2. The molecule has 0 N–H and O–H groups in total. The highest BCUT2D eigenvalue weighted by molar-refractivity contribution is 7.98. The van der Waals surface area contributed by atoms with Gasteiger partial charge in [-0.3, -0.25) is 4.79 Å². The molecule has 1 heterocycles. The second-order valence-electron chi connectivity index (χ2n) is 6.84. The fourth-order valence-corrected chi connectivity index (χ4v) is 3.02. The molecule has 0 unspecified atom stereocenters. The smallest absolute Gasteiger partial charge is 0.410 e. The largest absolute Gasteiger partial charge is 0.444 e. The van der Waals surface area contributed by atoms with E-state index in [9.17, 15) is 9.59 Å². The second-order valence-corrected chi connectivity index (χ2v) is 7.82. The zero-order valence-corrected chi connectivity index (χ0v) is 15.5. The van der Waals surface area contributed by atoms with Crippen LogP contribution in [0.2, 0.25) is 0 Å². The van der Waals surface area contributed by atoms with Crippen LogP contribution in [0.3, 0.4) is 0 Å². The van der Waals surface area contributed by atoms with Crippen molar-refractivity contribution in [3.63, 3.8) is 0 Å². The van der Waals surface area contributed by atoms with Gasteiger partial charge in [-0.25, -0.2) is 4.79 Å². The van der Waals surface area contributed by atoms with Crippen LogP contribution in [0.1, 0.15) is 47.5 Å². The zero-order chi connectivity index (χ0) is 16.9. The number of thioether (sulfide) groups is 1. The highest BCUT2D eigenvalue weighted by atomic mass is 32.2. The molecule has 6 heteroatoms. The third kappa shape index (κ3) is 5.38. The minimum absolute atomic E-state index is 0.0167. The van der Waals surface area contributed by atoms with Crippen LogP contribution in [0.4, 0.5) is 4.79 Å². The van der Waals surface area contributed by atoms with Gasteiger partial charge in [-0.2, -0.15) is 11.8 Å². The van der Waals surface area contributed by atoms with E-state index in [-0.39, 0.29) is 24.1 Å². The molecular formula is C16H30N2O3S. The lowest BCUT2D eigenvalue weighted by molar-refractivity contribution is -0.137. The highest BCUT2D eigenvalue weighted by Crippen LogP contribution is 2.21. The third-order valence-electron chi connectivity index (χ3n) is 3.95. The molecule has 5 nitrogen and oxygen atoms in total. The molecule has 128 valence electrons. The lowest BCUT2D eigenvalue weighted by Gasteiger charge is -2.45. The Balaban J connectivity index is 2.61. The predicted octanol–water partition coefficient (Wildman–Crippen LogP) is 2.99. The number of nitrogens with zero attached hydrogens (tertiary/aromatic N) is 2. The monoisotopic (exact) mass is 330 g/mol. The Morgan fingerprint density at radius 1 is 1.14 bits per heavy atom. The van der Waals surface area contributed by atoms with Gasteiger partial charge in [0, 0.05) is 25.6 Å². The fraction of sp³-hybridized carbons (Fsp3) is 0.875. The Bertz CT molecular complexity index is 395. The van der Waals surface area contributed by atoms with Gasteiger partial charge in [0.2, 0.25) is 5.91 Å². The Kier molecular flexibility index (Phi) is 7.03. The number of rotatable bonds is 4. The number of carbonyl (C=O) groups excluding carboxylic acids is 2. The maximum absolute atomic E-state index is 12.3. The van der Waals surface area contributed by atoms with Crippen LogP contribution in [0.5, 0.6) is 0 Å². The third-order valence-corrected chi connectivity index (χ3v) is 4.65. The van der Waals surface area contributed by atoms with Crippen LogP contribution < -0.4 is 0 Å². The molecule has 0 aromatic carbocycles. The van der Waals surface area contributed by atoms with Gasteiger partial charge in [0.25, 0.3) is 0 Å². The van der Waals surface area contributed by atoms with Crippen LogP contribution >= 0.6 is 11.8 Å². The first-order valence-electron chi connectivity index (χ1n) is 7.95. The summed E-state index contributed by atoms with van der Waals surface area (Å²) in [6, 6.07) is -0.0175. The molecule has 1 aliphatic heterocycles. The summed E-state index contributed by atoms with van der Waals surface area (Å²) < 4.78 is 5.45. The molecule has 1 rings (SSSR count). The van der Waals surface area contributed by atoms with Gasteiger partial charge < -0.3 is 14.5 Å². The standard InChI is InChI=1S/C16H30N2O3S/c1-12-13(2)18(15(20)21-16(3,4)5)10-9-17(12)14(19)8-7-11-22-6/h12-13H,7-11H2,1-6H3/t12-,13+/m1/s1. The quantitative estimate of drug-likeness (QED) is 0.744. The molecule has 0 aromatic heterocycles. The number of amides is 2. The Morgan fingerprint density at radius 2 is 1.68 bits per heavy atom. The van der Waals surface area contributed by atoms with Gasteiger partial charge >= 0.3 is 6.09 Å². The maximum atomic E-state index is 12.3. The van der Waals surface area contributed by atoms with Crippen LogP contribution in [0.25, 0.3) is 0 Å². The van der Waals surface area contributed by atoms with Crippen LogP contribution in [-0.2, 0) is 9.53 Å². The van der Waals surface area contributed by atoms with E-state index < -0.39 is 5.60 Å². The number of piperazine rings is 1. The molecule has 2 atom stereocenters. The van der Waals surface area contributed by atoms with Crippen LogP contribution in [0, 0.1) is 0 Å². The van der Waals surface area contributed by atoms with Crippen molar-refractivity contribution in [1.29, 1.82) is 0 Å². The van der Waals surface area contributed by atoms with Crippen molar-refractivity contribution in [3.8, 4) is 0 Å². The van der Waals surface area contributed by atoms with Crippen molar-refractivity contribution in [2.45, 2.75) is 65.1 Å². The zero-order valence-electron chi connectivity index (χ0n) is 14.7. The van der Waals surface area contributed by atoms with Gasteiger partial charge in [0.1, 0.15) is 5.60 Å². The Morgan fingerprint density at radius 3 is 2.23 bits per heavy atom. The van der Waals surface area contributed by atoms with Gasteiger partial charge in [0.05, 0.1) is 6.04 Å². The molecule has 2 amide bonds.